The van der Waals surface area contributed by atoms with Gasteiger partial charge in [0.15, 0.2) is 0 Å². The summed E-state index contributed by atoms with van der Waals surface area (Å²) in [7, 11) is 0. The van der Waals surface area contributed by atoms with Gasteiger partial charge >= 0.3 is 5.97 Å². The van der Waals surface area contributed by atoms with Crippen LogP contribution in [0.2, 0.25) is 0 Å². The fourth-order valence-corrected chi connectivity index (χ4v) is 2.13. The molecule has 1 saturated carbocycles. The summed E-state index contributed by atoms with van der Waals surface area (Å²) in [6.45, 7) is 3.71. The van der Waals surface area contributed by atoms with E-state index in [1.165, 1.54) is 19.8 Å². The minimum Gasteiger partial charge on any atom is -0.480 e. The summed E-state index contributed by atoms with van der Waals surface area (Å²) >= 11 is 0. The topological polar surface area (TPSA) is 78.4 Å². The second-order valence-electron chi connectivity index (χ2n) is 4.74. The highest BCUT2D eigenvalue weighted by molar-refractivity contribution is 5.82. The molecule has 0 spiro atoms. The van der Waals surface area contributed by atoms with Crippen LogP contribution in [-0.2, 0) is 9.59 Å². The van der Waals surface area contributed by atoms with Crippen LogP contribution in [0.5, 0.6) is 0 Å². The van der Waals surface area contributed by atoms with Crippen molar-refractivity contribution in [3.8, 4) is 0 Å². The summed E-state index contributed by atoms with van der Waals surface area (Å²) < 4.78 is 0. The molecule has 1 amide bonds. The summed E-state index contributed by atoms with van der Waals surface area (Å²) in [6.07, 6.45) is 4.50. The van der Waals surface area contributed by atoms with Crippen LogP contribution in [0.25, 0.3) is 0 Å². The second-order valence-corrected chi connectivity index (χ2v) is 4.74. The maximum atomic E-state index is 10.9. The summed E-state index contributed by atoms with van der Waals surface area (Å²) in [6, 6.07) is -0.838. The molecular weight excluding hydrogens is 208 g/mol. The number of hydrogen-bond acceptors (Lipinski definition) is 3. The van der Waals surface area contributed by atoms with E-state index in [9.17, 15) is 9.59 Å². The van der Waals surface area contributed by atoms with Crippen LogP contribution < -0.4 is 10.6 Å². The molecule has 5 nitrogen and oxygen atoms in total. The van der Waals surface area contributed by atoms with E-state index in [0.29, 0.717) is 0 Å². The summed E-state index contributed by atoms with van der Waals surface area (Å²) in [5, 5.41) is 14.6. The second kappa shape index (κ2) is 5.30. The standard InChI is InChI=1S/C11H20N2O3/c1-8(14)13-9(10(15)16)7-12-11(2)5-3-4-6-11/h9,12H,3-7H2,1-2H3,(H,13,14)(H,15,16). The maximum absolute atomic E-state index is 10.9. The quantitative estimate of drug-likeness (QED) is 0.640. The molecule has 0 aromatic rings. The summed E-state index contributed by atoms with van der Waals surface area (Å²) in [5.41, 5.74) is 0.0339. The minimum atomic E-state index is -0.996. The third-order valence-corrected chi connectivity index (χ3v) is 3.12. The van der Waals surface area contributed by atoms with Gasteiger partial charge in [0.25, 0.3) is 0 Å². The van der Waals surface area contributed by atoms with E-state index < -0.39 is 12.0 Å². The van der Waals surface area contributed by atoms with Crippen LogP contribution in [0.15, 0.2) is 0 Å². The lowest BCUT2D eigenvalue weighted by atomic mass is 10.0. The number of carboxylic acid groups (broad SMARTS) is 1. The zero-order chi connectivity index (χ0) is 12.2. The number of aliphatic carboxylic acids is 1. The predicted octanol–water partition coefficient (Wildman–Crippen LogP) is 0.498. The van der Waals surface area contributed by atoms with Gasteiger partial charge in [-0.3, -0.25) is 4.79 Å². The average molecular weight is 228 g/mol. The number of amides is 1. The third kappa shape index (κ3) is 3.81. The van der Waals surface area contributed by atoms with Crippen molar-refractivity contribution in [2.24, 2.45) is 0 Å². The van der Waals surface area contributed by atoms with Gasteiger partial charge in [-0.05, 0) is 19.8 Å². The molecule has 0 bridgehead atoms. The van der Waals surface area contributed by atoms with Gasteiger partial charge in [-0.15, -0.1) is 0 Å². The number of rotatable bonds is 5. The number of carbonyl (C=O) groups excluding carboxylic acids is 1. The van der Waals surface area contributed by atoms with Crippen LogP contribution in [0.4, 0.5) is 0 Å². The van der Waals surface area contributed by atoms with Crippen LogP contribution in [0, 0.1) is 0 Å². The Balaban J connectivity index is 2.43. The molecule has 0 aliphatic heterocycles. The Hall–Kier alpha value is -1.10. The van der Waals surface area contributed by atoms with Crippen molar-refractivity contribution in [3.63, 3.8) is 0 Å². The minimum absolute atomic E-state index is 0.0339. The molecule has 1 rings (SSSR count). The van der Waals surface area contributed by atoms with Crippen molar-refractivity contribution in [1.82, 2.24) is 10.6 Å². The molecular formula is C11H20N2O3. The smallest absolute Gasteiger partial charge is 0.327 e. The first-order chi connectivity index (χ1) is 7.43. The fourth-order valence-electron chi connectivity index (χ4n) is 2.13. The number of carboxylic acids is 1. The molecule has 1 unspecified atom stereocenters. The SMILES string of the molecule is CC(=O)NC(CNC1(C)CCCC1)C(=O)O. The van der Waals surface area contributed by atoms with Crippen molar-refractivity contribution in [1.29, 1.82) is 0 Å². The van der Waals surface area contributed by atoms with Crippen LogP contribution >= 0.6 is 0 Å². The molecule has 1 aliphatic carbocycles. The van der Waals surface area contributed by atoms with Gasteiger partial charge in [0.05, 0.1) is 0 Å². The highest BCUT2D eigenvalue weighted by Crippen LogP contribution is 2.28. The first-order valence-corrected chi connectivity index (χ1v) is 5.68. The number of hydrogen-bond donors (Lipinski definition) is 3. The van der Waals surface area contributed by atoms with Crippen molar-refractivity contribution >= 4 is 11.9 Å². The lowest BCUT2D eigenvalue weighted by molar-refractivity contribution is -0.141. The van der Waals surface area contributed by atoms with E-state index >= 15 is 0 Å². The van der Waals surface area contributed by atoms with E-state index in [1.807, 2.05) is 0 Å². The Bertz CT molecular complexity index is 272. The molecule has 16 heavy (non-hydrogen) atoms. The molecule has 1 aliphatic rings. The van der Waals surface area contributed by atoms with E-state index in [-0.39, 0.29) is 18.0 Å². The lowest BCUT2D eigenvalue weighted by Gasteiger charge is -2.27. The van der Waals surface area contributed by atoms with Gasteiger partial charge in [-0.25, -0.2) is 4.79 Å². The Morgan fingerprint density at radius 2 is 1.94 bits per heavy atom. The molecule has 3 N–H and O–H groups in total. The Kier molecular flexibility index (Phi) is 4.29. The molecule has 0 saturated heterocycles. The van der Waals surface area contributed by atoms with E-state index in [2.05, 4.69) is 17.6 Å². The lowest BCUT2D eigenvalue weighted by Crippen LogP contribution is -2.51. The maximum Gasteiger partial charge on any atom is 0.327 e. The van der Waals surface area contributed by atoms with E-state index in [4.69, 9.17) is 5.11 Å². The number of carbonyl (C=O) groups is 2. The van der Waals surface area contributed by atoms with Gasteiger partial charge in [0.2, 0.25) is 5.91 Å². The Morgan fingerprint density at radius 3 is 2.38 bits per heavy atom. The zero-order valence-corrected chi connectivity index (χ0v) is 9.88. The number of nitrogens with one attached hydrogen (secondary N) is 2. The fraction of sp³-hybridized carbons (Fsp3) is 0.818. The van der Waals surface area contributed by atoms with Crippen molar-refractivity contribution in [2.75, 3.05) is 6.54 Å². The first kappa shape index (κ1) is 13.0. The van der Waals surface area contributed by atoms with Crippen molar-refractivity contribution < 1.29 is 14.7 Å². The van der Waals surface area contributed by atoms with Crippen LogP contribution in [0.3, 0.4) is 0 Å². The highest BCUT2D eigenvalue weighted by atomic mass is 16.4. The van der Waals surface area contributed by atoms with Crippen molar-refractivity contribution in [2.45, 2.75) is 51.1 Å². The first-order valence-electron chi connectivity index (χ1n) is 5.68. The monoisotopic (exact) mass is 228 g/mol. The van der Waals surface area contributed by atoms with Gasteiger partial charge < -0.3 is 15.7 Å². The van der Waals surface area contributed by atoms with Crippen LogP contribution in [-0.4, -0.2) is 35.1 Å². The molecule has 1 atom stereocenters. The van der Waals surface area contributed by atoms with E-state index in [1.54, 1.807) is 0 Å². The van der Waals surface area contributed by atoms with Crippen LogP contribution in [0.1, 0.15) is 39.5 Å². The molecule has 92 valence electrons. The molecule has 0 radical (unpaired) electrons. The summed E-state index contributed by atoms with van der Waals surface area (Å²) in [4.78, 5) is 21.7. The Morgan fingerprint density at radius 1 is 1.38 bits per heavy atom. The average Bonchev–Trinajstić information content (AvgIpc) is 2.59. The van der Waals surface area contributed by atoms with Gasteiger partial charge in [-0.1, -0.05) is 12.8 Å². The largest absolute Gasteiger partial charge is 0.480 e. The molecule has 0 aromatic heterocycles. The normalized spacial score (nSPS) is 20.4. The third-order valence-electron chi connectivity index (χ3n) is 3.12. The molecule has 5 heteroatoms. The van der Waals surface area contributed by atoms with Crippen molar-refractivity contribution in [3.05, 3.63) is 0 Å². The van der Waals surface area contributed by atoms with Gasteiger partial charge in [0.1, 0.15) is 6.04 Å². The molecule has 1 fully saturated rings. The highest BCUT2D eigenvalue weighted by Gasteiger charge is 2.30. The van der Waals surface area contributed by atoms with Gasteiger partial charge in [-0.2, -0.15) is 0 Å². The van der Waals surface area contributed by atoms with Gasteiger partial charge in [0, 0.05) is 19.0 Å². The predicted molar refractivity (Wildman–Crippen MR) is 60.1 cm³/mol. The molecule has 0 heterocycles. The molecule has 0 aromatic carbocycles. The van der Waals surface area contributed by atoms with E-state index in [0.717, 1.165) is 12.8 Å². The summed E-state index contributed by atoms with van der Waals surface area (Å²) in [5.74, 6) is -1.31. The Labute approximate surface area is 95.6 Å². The zero-order valence-electron chi connectivity index (χ0n) is 9.88.